The molecule has 0 heterocycles. The zero-order valence-electron chi connectivity index (χ0n) is 101. The van der Waals surface area contributed by atoms with Gasteiger partial charge in [0, 0.05) is 0 Å². The van der Waals surface area contributed by atoms with Gasteiger partial charge in [-0.3, -0.25) is 43.2 Å². The van der Waals surface area contributed by atoms with Gasteiger partial charge < -0.3 is 46.0 Å². The van der Waals surface area contributed by atoms with Gasteiger partial charge in [-0.2, -0.15) is 0 Å². The molecule has 0 rings (SSSR count). The molecular formula is C18H27Cl9Na79O18+79. The van der Waals surface area contributed by atoms with Crippen LogP contribution in [0.15, 0.2) is 0 Å². The minimum Gasteiger partial charge on any atom is -0.480 e. The topological polar surface area (TPSA) is 336 Å². The molecule has 0 fully saturated rings. The van der Waals surface area contributed by atoms with E-state index in [0.717, 1.165) is 0 Å². The first-order valence-corrected chi connectivity index (χ1v) is 14.2. The molecule has 0 unspecified atom stereocenters. The van der Waals surface area contributed by atoms with Crippen LogP contribution in [-0.2, 0) is 43.2 Å². The minimum absolute atomic E-state index is 0. The maximum absolute atomic E-state index is 9.24. The van der Waals surface area contributed by atoms with Crippen LogP contribution in [0.1, 0.15) is 0 Å². The summed E-state index contributed by atoms with van der Waals surface area (Å²) >= 11 is 42.6. The van der Waals surface area contributed by atoms with Crippen molar-refractivity contribution in [2.45, 2.75) is 0 Å². The molecule has 18 nitrogen and oxygen atoms in total. The first kappa shape index (κ1) is 630. The van der Waals surface area contributed by atoms with Gasteiger partial charge in [0.1, 0.15) is 52.9 Å². The van der Waals surface area contributed by atoms with Gasteiger partial charge in [0.25, 0.3) is 0 Å². The van der Waals surface area contributed by atoms with Crippen LogP contribution in [0.4, 0.5) is 0 Å². The largest absolute Gasteiger partial charge is 1.00 e. The molecule has 0 saturated carbocycles. The van der Waals surface area contributed by atoms with Gasteiger partial charge in [-0.15, -0.1) is 104 Å². The van der Waals surface area contributed by atoms with Crippen LogP contribution in [0.2, 0.25) is 0 Å². The van der Waals surface area contributed by atoms with Crippen LogP contribution in [0.3, 0.4) is 0 Å². The number of alkyl halides is 9. The molecule has 0 atom stereocenters. The van der Waals surface area contributed by atoms with E-state index in [-0.39, 0.29) is 2390 Å². The first-order valence-electron chi connectivity index (χ1n) is 9.44. The molecule has 0 radical (unpaired) electrons. The van der Waals surface area contributed by atoms with E-state index in [2.05, 4.69) is 0 Å². The maximum Gasteiger partial charge on any atom is 1.00 e. The predicted molar refractivity (Wildman–Crippen MR) is 165 cm³/mol. The second-order valence-corrected chi connectivity index (χ2v) is 7.15. The number of halogens is 9. The number of hydrogen-bond donors (Lipinski definition) is 9. The second kappa shape index (κ2) is 621. The Morgan fingerprint density at radius 3 is 0.0968 bits per heavy atom. The Labute approximate surface area is 2540 Å². The fraction of sp³-hybridized carbons (Fsp3) is 0.500. The Bertz CT molecular complexity index is 703. The summed E-state index contributed by atoms with van der Waals surface area (Å²) in [5.74, 6) is -11.6. The van der Waals surface area contributed by atoms with Gasteiger partial charge in [0.2, 0.25) is 0 Å². The van der Waals surface area contributed by atoms with Gasteiger partial charge in [0.15, 0.2) is 0 Å². The van der Waals surface area contributed by atoms with Crippen molar-refractivity contribution in [3.8, 4) is 0 Å². The molecule has 0 aliphatic carbocycles. The Balaban J connectivity index is -0.00000000127. The Kier molecular flexibility index (Phi) is 3150. The smallest absolute Gasteiger partial charge is 0.480 e. The number of rotatable bonds is 9. The Hall–Kier alpha value is 76.8. The third-order valence-electron chi connectivity index (χ3n) is 1.03. The minimum atomic E-state index is -0.980. The molecule has 124 heavy (non-hydrogen) atoms. The van der Waals surface area contributed by atoms with Crippen LogP contribution >= 0.6 is 104 Å². The standard InChI is InChI=1S/9C2H3ClO2.79Na/c9*3-1-2(4)5;;;;;;;;;;;;;;;;;;;;;;;;;;;;;;;;;;;;;;;;;;;;;;;;;;;;;;;;;;;;;;;;;;;;;;;;;;;;;;;/h9*1H2,(H,4,5);;;;;;;;;;;;;;;;;;;;;;;;;;;;;;;;;;;;;;;;;;;;;;;;;;;;;;;;;;;;;;;;;;;;;;;;;;;;;;;/q;;;;;;;;;79*+1. The average molecular weight is 2670 g/mol. The molecule has 0 bridgehead atoms. The van der Waals surface area contributed by atoms with E-state index in [4.69, 9.17) is 150 Å². The summed E-state index contributed by atoms with van der Waals surface area (Å²) < 4.78 is 0. The zero-order chi connectivity index (χ0) is 38.6. The maximum atomic E-state index is 9.24. The van der Waals surface area contributed by atoms with Crippen molar-refractivity contribution >= 4 is 158 Å². The summed E-state index contributed by atoms with van der Waals surface area (Å²) in [5.41, 5.74) is 0. The second-order valence-electron chi connectivity index (χ2n) is 4.75. The van der Waals surface area contributed by atoms with Crippen molar-refractivity contribution in [1.29, 1.82) is 0 Å². The first-order chi connectivity index (χ1) is 20.4. The molecule has 270 valence electrons. The molecule has 0 amide bonds. The van der Waals surface area contributed by atoms with Crippen LogP contribution < -0.4 is 2340 Å². The van der Waals surface area contributed by atoms with Crippen LogP contribution in [-0.4, -0.2) is 153 Å². The quantitative estimate of drug-likeness (QED) is 0.0765. The van der Waals surface area contributed by atoms with E-state index in [1.54, 1.807) is 0 Å². The SMILES string of the molecule is O=C(O)CCl.O=C(O)CCl.O=C(O)CCl.O=C(O)CCl.O=C(O)CCl.O=C(O)CCl.O=C(O)CCl.O=C(O)CCl.O=C(O)CCl.[Na+].[Na+].[Na+].[Na+].[Na+].[Na+].[Na+].[Na+].[Na+].[Na+].[Na+].[Na+].[Na+].[Na+].[Na+].[Na+].[Na+].[Na+].[Na+].[Na+].[Na+].[Na+].[Na+].[Na+].[Na+].[Na+].[Na+].[Na+].[Na+].[Na+].[Na+].[Na+].[Na+].[Na+].[Na+].[Na+].[Na+].[Na+].[Na+].[Na+].[Na+].[Na+].[Na+].[Na+].[Na+].[Na+].[Na+].[Na+].[Na+].[Na+].[Na+].[Na+].[Na+].[Na+].[Na+].[Na+].[Na+].[Na+].[Na+].[Na+].[Na+].[Na+].[Na+].[Na+].[Na+].[Na+].[Na+].[Na+].[Na+].[Na+].[Na+].[Na+].[Na+].[Na+].[Na+].[Na+].[Na+].[Na+].[Na+]. The van der Waals surface area contributed by atoms with Gasteiger partial charge in [-0.1, -0.05) is 0 Å². The normalized spacial score (nSPS) is 2.69. The molecule has 0 aliphatic rings. The van der Waals surface area contributed by atoms with Crippen LogP contribution in [0, 0.1) is 0 Å². The van der Waals surface area contributed by atoms with Crippen LogP contribution in [0.5, 0.6) is 0 Å². The molecule has 0 aromatic rings. The molecule has 0 saturated heterocycles. The summed E-state index contributed by atoms with van der Waals surface area (Å²) in [5, 5.41) is 68.3. The van der Waals surface area contributed by atoms with Crippen molar-refractivity contribution in [2.24, 2.45) is 0 Å². The van der Waals surface area contributed by atoms with Crippen molar-refractivity contribution in [3.63, 3.8) is 0 Å². The summed E-state index contributed by atoms with van der Waals surface area (Å²) in [4.78, 5) is 83.1. The number of carboxylic acid groups (broad SMARTS) is 9. The fourth-order valence-electron chi connectivity index (χ4n) is 0. The average Bonchev–Trinajstić information content (AvgIpc) is 2.99. The van der Waals surface area contributed by atoms with Crippen molar-refractivity contribution in [2.75, 3.05) is 52.9 Å². The monoisotopic (exact) mass is 2660 g/mol. The van der Waals surface area contributed by atoms with Crippen molar-refractivity contribution < 1.29 is 2420 Å². The van der Waals surface area contributed by atoms with Gasteiger partial charge in [-0.25, -0.2) is 0 Å². The van der Waals surface area contributed by atoms with E-state index in [0.29, 0.717) is 0 Å². The van der Waals surface area contributed by atoms with E-state index in [9.17, 15) is 43.2 Å². The molecule has 0 aromatic carbocycles. The Morgan fingerprint density at radius 2 is 0.0968 bits per heavy atom. The predicted octanol–water partition coefficient (Wildman–Crippen LogP) is -234. The van der Waals surface area contributed by atoms with Gasteiger partial charge >= 0.3 is 2390 Å². The zero-order valence-corrected chi connectivity index (χ0v) is 266. The summed E-state index contributed by atoms with van der Waals surface area (Å²) in [7, 11) is 0. The molecule has 0 spiro atoms. The van der Waals surface area contributed by atoms with Gasteiger partial charge in [0.05, 0.1) is 0 Å². The Morgan fingerprint density at radius 1 is 0.0887 bits per heavy atom. The summed E-state index contributed by atoms with van der Waals surface area (Å²) in [6.07, 6.45) is 0. The molecule has 9 N–H and O–H groups in total. The van der Waals surface area contributed by atoms with E-state index in [1.807, 2.05) is 0 Å². The van der Waals surface area contributed by atoms with E-state index in [1.165, 1.54) is 0 Å². The number of aliphatic carboxylic acids is 9. The van der Waals surface area contributed by atoms with Crippen molar-refractivity contribution in [3.05, 3.63) is 0 Å². The third-order valence-corrected chi connectivity index (χ3v) is 3.09. The third kappa shape index (κ3) is 865. The molecule has 106 heteroatoms. The van der Waals surface area contributed by atoms with E-state index < -0.39 is 53.7 Å². The van der Waals surface area contributed by atoms with Crippen LogP contribution in [0.25, 0.3) is 0 Å². The number of carboxylic acids is 9. The summed E-state index contributed by atoms with van der Waals surface area (Å²) in [6.45, 7) is 0. The van der Waals surface area contributed by atoms with Gasteiger partial charge in [-0.05, 0) is 0 Å². The van der Waals surface area contributed by atoms with E-state index >= 15 is 0 Å². The number of carbonyl (C=O) groups is 9. The fourth-order valence-corrected chi connectivity index (χ4v) is 0. The number of hydrogen-bond acceptors (Lipinski definition) is 9. The van der Waals surface area contributed by atoms with Crippen molar-refractivity contribution in [1.82, 2.24) is 0 Å². The summed E-state index contributed by atoms with van der Waals surface area (Å²) in [6, 6.07) is 0. The molecular weight excluding hydrogens is 2640 g/mol. The molecule has 0 aliphatic heterocycles. The molecule has 0 aromatic heterocycles.